The second kappa shape index (κ2) is 7.00. The van der Waals surface area contributed by atoms with Gasteiger partial charge in [0.05, 0.1) is 10.5 Å². The SMILES string of the molecule is CC(C)(C)c1ccc2[nH]c3c(-c4cc(Cl)cc(F)c4Cl)cc(C(C)(C)C)cc3c2c1. The van der Waals surface area contributed by atoms with Gasteiger partial charge in [0.25, 0.3) is 0 Å². The smallest absolute Gasteiger partial charge is 0.143 e. The highest BCUT2D eigenvalue weighted by Gasteiger charge is 2.22. The summed E-state index contributed by atoms with van der Waals surface area (Å²) in [5.74, 6) is -0.514. The van der Waals surface area contributed by atoms with E-state index in [2.05, 4.69) is 76.9 Å². The van der Waals surface area contributed by atoms with E-state index in [1.54, 1.807) is 6.07 Å². The van der Waals surface area contributed by atoms with Gasteiger partial charge in [-0.2, -0.15) is 0 Å². The molecule has 0 saturated carbocycles. The van der Waals surface area contributed by atoms with Gasteiger partial charge in [0, 0.05) is 32.4 Å². The van der Waals surface area contributed by atoms with E-state index in [4.69, 9.17) is 23.2 Å². The van der Waals surface area contributed by atoms with Crippen LogP contribution < -0.4 is 0 Å². The van der Waals surface area contributed by atoms with E-state index in [9.17, 15) is 4.39 Å². The van der Waals surface area contributed by atoms with Crippen LogP contribution in [0.25, 0.3) is 32.9 Å². The summed E-state index contributed by atoms with van der Waals surface area (Å²) in [6.07, 6.45) is 0. The lowest BCUT2D eigenvalue weighted by atomic mass is 9.83. The van der Waals surface area contributed by atoms with Crippen molar-refractivity contribution >= 4 is 45.0 Å². The lowest BCUT2D eigenvalue weighted by molar-refractivity contribution is 0.590. The minimum Gasteiger partial charge on any atom is -0.354 e. The van der Waals surface area contributed by atoms with Gasteiger partial charge in [-0.15, -0.1) is 0 Å². The van der Waals surface area contributed by atoms with Crippen LogP contribution in [0.2, 0.25) is 10.0 Å². The number of hydrogen-bond acceptors (Lipinski definition) is 0. The van der Waals surface area contributed by atoms with Gasteiger partial charge in [0.1, 0.15) is 5.82 Å². The van der Waals surface area contributed by atoms with Crippen LogP contribution in [0, 0.1) is 5.82 Å². The Hall–Kier alpha value is -2.03. The number of aromatic nitrogens is 1. The molecule has 0 aliphatic rings. The number of benzene rings is 3. The topological polar surface area (TPSA) is 15.8 Å². The first kappa shape index (κ1) is 21.2. The molecule has 0 atom stereocenters. The quantitative estimate of drug-likeness (QED) is 0.283. The molecule has 0 aliphatic carbocycles. The molecule has 1 nitrogen and oxygen atoms in total. The molecule has 0 unspecified atom stereocenters. The molecule has 156 valence electrons. The minimum atomic E-state index is -0.514. The van der Waals surface area contributed by atoms with Gasteiger partial charge in [-0.3, -0.25) is 0 Å². The van der Waals surface area contributed by atoms with Crippen molar-refractivity contribution in [3.63, 3.8) is 0 Å². The summed E-state index contributed by atoms with van der Waals surface area (Å²) in [4.78, 5) is 3.54. The van der Waals surface area contributed by atoms with E-state index in [0.717, 1.165) is 32.9 Å². The molecule has 4 rings (SSSR count). The third kappa shape index (κ3) is 3.61. The molecule has 1 N–H and O–H groups in total. The van der Waals surface area contributed by atoms with Crippen molar-refractivity contribution in [1.29, 1.82) is 0 Å². The van der Waals surface area contributed by atoms with Crippen LogP contribution >= 0.6 is 23.2 Å². The van der Waals surface area contributed by atoms with Gasteiger partial charge in [-0.25, -0.2) is 4.39 Å². The number of H-pyrrole nitrogens is 1. The van der Waals surface area contributed by atoms with Crippen LogP contribution in [0.3, 0.4) is 0 Å². The van der Waals surface area contributed by atoms with E-state index in [0.29, 0.717) is 10.6 Å². The van der Waals surface area contributed by atoms with Crippen molar-refractivity contribution in [3.05, 3.63) is 69.5 Å². The van der Waals surface area contributed by atoms with Crippen LogP contribution in [0.15, 0.2) is 42.5 Å². The minimum absolute atomic E-state index is 0.0433. The molecule has 1 aromatic heterocycles. The number of nitrogens with one attached hydrogen (secondary N) is 1. The second-order valence-electron chi connectivity index (χ2n) is 10.1. The Morgan fingerprint density at radius 2 is 1.37 bits per heavy atom. The fraction of sp³-hybridized carbons (Fsp3) is 0.308. The Morgan fingerprint density at radius 1 is 0.733 bits per heavy atom. The Balaban J connectivity index is 2.15. The Morgan fingerprint density at radius 3 is 2.00 bits per heavy atom. The summed E-state index contributed by atoms with van der Waals surface area (Å²) in [6.45, 7) is 13.2. The van der Waals surface area contributed by atoms with E-state index in [1.165, 1.54) is 11.6 Å². The third-order valence-corrected chi connectivity index (χ3v) is 6.33. The van der Waals surface area contributed by atoms with Gasteiger partial charge in [0.15, 0.2) is 0 Å². The zero-order valence-corrected chi connectivity index (χ0v) is 19.7. The van der Waals surface area contributed by atoms with Gasteiger partial charge >= 0.3 is 0 Å². The zero-order chi connectivity index (χ0) is 22.0. The Kier molecular flexibility index (Phi) is 4.95. The van der Waals surface area contributed by atoms with Crippen LogP contribution in [0.5, 0.6) is 0 Å². The third-order valence-electron chi connectivity index (χ3n) is 5.72. The van der Waals surface area contributed by atoms with E-state index >= 15 is 0 Å². The van der Waals surface area contributed by atoms with Crippen molar-refractivity contribution in [3.8, 4) is 11.1 Å². The van der Waals surface area contributed by atoms with E-state index in [1.807, 2.05) is 0 Å². The second-order valence-corrected chi connectivity index (χ2v) is 10.9. The molecule has 0 fully saturated rings. The highest BCUT2D eigenvalue weighted by atomic mass is 35.5. The van der Waals surface area contributed by atoms with Gasteiger partial charge < -0.3 is 4.98 Å². The predicted molar refractivity (Wildman–Crippen MR) is 129 cm³/mol. The van der Waals surface area contributed by atoms with Gasteiger partial charge in [0.2, 0.25) is 0 Å². The van der Waals surface area contributed by atoms with Crippen LogP contribution in [0.1, 0.15) is 52.7 Å². The molecule has 0 bridgehead atoms. The standard InChI is InChI=1S/C26H26Cl2FN/c1-25(2,3)14-7-8-22-17(9-14)19-10-15(26(4,5)6)11-20(24(19)30-22)18-12-16(27)13-21(29)23(18)28/h7-13,30H,1-6H3. The average Bonchev–Trinajstić information content (AvgIpc) is 3.00. The number of fused-ring (bicyclic) bond motifs is 3. The maximum atomic E-state index is 14.4. The van der Waals surface area contributed by atoms with Gasteiger partial charge in [-0.05, 0) is 58.4 Å². The molecule has 0 saturated heterocycles. The first-order valence-electron chi connectivity index (χ1n) is 10.1. The number of rotatable bonds is 1. The maximum Gasteiger partial charge on any atom is 0.143 e. The molecule has 1 heterocycles. The molecule has 0 aliphatic heterocycles. The molecule has 4 heteroatoms. The molecule has 3 aromatic carbocycles. The fourth-order valence-corrected chi connectivity index (χ4v) is 4.28. The summed E-state index contributed by atoms with van der Waals surface area (Å²) < 4.78 is 14.4. The van der Waals surface area contributed by atoms with Crippen LogP contribution in [0.4, 0.5) is 4.39 Å². The van der Waals surface area contributed by atoms with E-state index in [-0.39, 0.29) is 15.9 Å². The molecular formula is C26H26Cl2FN. The van der Waals surface area contributed by atoms with Crippen LogP contribution in [-0.4, -0.2) is 4.98 Å². The molecule has 0 radical (unpaired) electrons. The Labute approximate surface area is 187 Å². The largest absolute Gasteiger partial charge is 0.354 e. The van der Waals surface area contributed by atoms with E-state index < -0.39 is 5.82 Å². The lowest BCUT2D eigenvalue weighted by Crippen LogP contribution is -2.11. The predicted octanol–water partition coefficient (Wildman–Crippen LogP) is 9.03. The highest BCUT2D eigenvalue weighted by Crippen LogP contribution is 2.42. The number of halogens is 3. The summed E-state index contributed by atoms with van der Waals surface area (Å²) in [7, 11) is 0. The van der Waals surface area contributed by atoms with Gasteiger partial charge in [-0.1, -0.05) is 70.8 Å². The summed E-state index contributed by atoms with van der Waals surface area (Å²) in [5, 5.41) is 2.67. The maximum absolute atomic E-state index is 14.4. The van der Waals surface area contributed by atoms with Crippen molar-refractivity contribution in [2.75, 3.05) is 0 Å². The lowest BCUT2D eigenvalue weighted by Gasteiger charge is -2.21. The molecule has 4 aromatic rings. The molecule has 0 amide bonds. The highest BCUT2D eigenvalue weighted by molar-refractivity contribution is 6.36. The normalized spacial score (nSPS) is 12.8. The summed E-state index contributed by atoms with van der Waals surface area (Å²) in [5.41, 5.74) is 5.82. The zero-order valence-electron chi connectivity index (χ0n) is 18.2. The first-order valence-corrected chi connectivity index (χ1v) is 10.9. The summed E-state index contributed by atoms with van der Waals surface area (Å²) >= 11 is 12.6. The number of aromatic amines is 1. The molecule has 0 spiro atoms. The molecule has 30 heavy (non-hydrogen) atoms. The van der Waals surface area contributed by atoms with Crippen molar-refractivity contribution in [2.24, 2.45) is 0 Å². The van der Waals surface area contributed by atoms with Crippen molar-refractivity contribution < 1.29 is 4.39 Å². The Bertz CT molecular complexity index is 1290. The molecular weight excluding hydrogens is 416 g/mol. The van der Waals surface area contributed by atoms with Crippen molar-refractivity contribution in [1.82, 2.24) is 4.98 Å². The number of hydrogen-bond donors (Lipinski definition) is 1. The first-order chi connectivity index (χ1) is 13.9. The van der Waals surface area contributed by atoms with Crippen LogP contribution in [-0.2, 0) is 10.8 Å². The summed E-state index contributed by atoms with van der Waals surface area (Å²) in [6, 6.07) is 13.9. The monoisotopic (exact) mass is 441 g/mol. The van der Waals surface area contributed by atoms with Crippen molar-refractivity contribution in [2.45, 2.75) is 52.4 Å². The average molecular weight is 442 g/mol. The fourth-order valence-electron chi connectivity index (χ4n) is 3.86.